The quantitative estimate of drug-likeness (QED) is 0.736. The van der Waals surface area contributed by atoms with E-state index in [9.17, 15) is 4.79 Å². The van der Waals surface area contributed by atoms with E-state index in [0.29, 0.717) is 17.8 Å². The first-order chi connectivity index (χ1) is 10.8. The van der Waals surface area contributed by atoms with Crippen molar-refractivity contribution in [2.24, 2.45) is 0 Å². The highest BCUT2D eigenvalue weighted by molar-refractivity contribution is 7.17. The molecule has 0 aromatic carbocycles. The third-order valence-corrected chi connectivity index (χ3v) is 4.41. The first-order valence-electron chi connectivity index (χ1n) is 6.99. The van der Waals surface area contributed by atoms with E-state index in [0.717, 1.165) is 29.5 Å². The third kappa shape index (κ3) is 2.32. The molecule has 9 heteroatoms. The van der Waals surface area contributed by atoms with Crippen molar-refractivity contribution in [3.8, 4) is 0 Å². The van der Waals surface area contributed by atoms with Crippen molar-refractivity contribution in [3.05, 3.63) is 23.1 Å². The molecule has 1 amide bonds. The summed E-state index contributed by atoms with van der Waals surface area (Å²) in [5.74, 6) is -0.385. The normalized spacial score (nSPS) is 18.8. The van der Waals surface area contributed by atoms with Crippen LogP contribution in [-0.4, -0.2) is 38.8 Å². The van der Waals surface area contributed by atoms with Crippen LogP contribution in [0.3, 0.4) is 0 Å². The molecule has 1 aliphatic rings. The number of fused-ring (bicyclic) bond motifs is 3. The number of thiophene rings is 1. The fraction of sp³-hybridized carbons (Fsp3) is 0.385. The Labute approximate surface area is 129 Å². The van der Waals surface area contributed by atoms with Crippen LogP contribution in [0.4, 0.5) is 0 Å². The van der Waals surface area contributed by atoms with Gasteiger partial charge in [-0.1, -0.05) is 0 Å². The van der Waals surface area contributed by atoms with Gasteiger partial charge in [-0.2, -0.15) is 4.52 Å². The molecule has 0 bridgehead atoms. The maximum Gasteiger partial charge on any atom is 0.278 e. The van der Waals surface area contributed by atoms with Gasteiger partial charge < -0.3 is 4.74 Å². The van der Waals surface area contributed by atoms with Crippen molar-refractivity contribution in [2.45, 2.75) is 25.6 Å². The number of tetrazole rings is 1. The van der Waals surface area contributed by atoms with Gasteiger partial charge in [0.2, 0.25) is 0 Å². The Morgan fingerprint density at radius 1 is 1.50 bits per heavy atom. The van der Waals surface area contributed by atoms with Gasteiger partial charge in [-0.15, -0.1) is 16.4 Å². The molecule has 0 radical (unpaired) electrons. The lowest BCUT2D eigenvalue weighted by atomic mass is 10.2. The second-order valence-corrected chi connectivity index (χ2v) is 5.94. The van der Waals surface area contributed by atoms with Crippen molar-refractivity contribution >= 4 is 33.1 Å². The number of rotatable bonds is 3. The molecular formula is C13H13N5O3S. The van der Waals surface area contributed by atoms with Crippen LogP contribution in [0.15, 0.2) is 17.5 Å². The third-order valence-electron chi connectivity index (χ3n) is 3.55. The summed E-state index contributed by atoms with van der Waals surface area (Å²) >= 11 is 1.52. The summed E-state index contributed by atoms with van der Waals surface area (Å²) in [7, 11) is 0. The lowest BCUT2D eigenvalue weighted by Crippen LogP contribution is -2.33. The van der Waals surface area contributed by atoms with Crippen LogP contribution >= 0.6 is 11.3 Å². The first kappa shape index (κ1) is 13.6. The minimum atomic E-state index is -0.393. The van der Waals surface area contributed by atoms with E-state index in [1.807, 2.05) is 11.4 Å². The summed E-state index contributed by atoms with van der Waals surface area (Å²) in [6.07, 6.45) is 2.43. The monoisotopic (exact) mass is 319 g/mol. The highest BCUT2D eigenvalue weighted by atomic mass is 32.1. The van der Waals surface area contributed by atoms with Gasteiger partial charge in [-0.25, -0.2) is 10.3 Å². The van der Waals surface area contributed by atoms with Crippen molar-refractivity contribution in [3.63, 3.8) is 0 Å². The highest BCUT2D eigenvalue weighted by Gasteiger charge is 2.20. The van der Waals surface area contributed by atoms with Gasteiger partial charge in [0.25, 0.3) is 5.91 Å². The predicted molar refractivity (Wildman–Crippen MR) is 78.3 cm³/mol. The summed E-state index contributed by atoms with van der Waals surface area (Å²) in [6.45, 7) is 0.653. The van der Waals surface area contributed by atoms with Crippen LogP contribution in [-0.2, 0) is 9.57 Å². The molecule has 1 unspecified atom stereocenters. The molecule has 4 heterocycles. The van der Waals surface area contributed by atoms with E-state index in [1.165, 1.54) is 11.3 Å². The van der Waals surface area contributed by atoms with Gasteiger partial charge in [0.05, 0.1) is 15.8 Å². The Hall–Kier alpha value is -2.10. The maximum absolute atomic E-state index is 12.4. The van der Waals surface area contributed by atoms with Gasteiger partial charge in [-0.05, 0) is 40.8 Å². The van der Waals surface area contributed by atoms with E-state index in [4.69, 9.17) is 9.57 Å². The minimum absolute atomic E-state index is 0.371. The van der Waals surface area contributed by atoms with Crippen LogP contribution in [0, 0.1) is 0 Å². The van der Waals surface area contributed by atoms with E-state index in [2.05, 4.69) is 21.0 Å². The molecule has 4 rings (SSSR count). The molecular weight excluding hydrogens is 306 g/mol. The number of nitrogens with one attached hydrogen (secondary N) is 1. The van der Waals surface area contributed by atoms with Crippen molar-refractivity contribution in [1.82, 2.24) is 25.5 Å². The molecule has 0 aliphatic carbocycles. The second-order valence-electron chi connectivity index (χ2n) is 4.99. The molecule has 0 spiro atoms. The molecule has 3 aromatic heterocycles. The van der Waals surface area contributed by atoms with Gasteiger partial charge in [0.1, 0.15) is 0 Å². The predicted octanol–water partition coefficient (Wildman–Crippen LogP) is 1.53. The number of carbonyl (C=O) groups is 1. The Balaban J connectivity index is 1.61. The Morgan fingerprint density at radius 3 is 3.32 bits per heavy atom. The van der Waals surface area contributed by atoms with E-state index in [1.54, 1.807) is 10.6 Å². The molecule has 114 valence electrons. The van der Waals surface area contributed by atoms with Gasteiger partial charge in [0, 0.05) is 13.0 Å². The van der Waals surface area contributed by atoms with Crippen molar-refractivity contribution in [1.29, 1.82) is 0 Å². The molecule has 1 aliphatic heterocycles. The average Bonchev–Trinajstić information content (AvgIpc) is 3.20. The molecule has 1 N–H and O–H groups in total. The molecule has 1 fully saturated rings. The lowest BCUT2D eigenvalue weighted by Gasteiger charge is -2.22. The summed E-state index contributed by atoms with van der Waals surface area (Å²) < 4.78 is 7.90. The number of hydrogen-bond donors (Lipinski definition) is 1. The molecule has 22 heavy (non-hydrogen) atoms. The van der Waals surface area contributed by atoms with E-state index >= 15 is 0 Å². The van der Waals surface area contributed by atoms with Gasteiger partial charge in [-0.3, -0.25) is 4.79 Å². The minimum Gasteiger partial charge on any atom is -0.350 e. The molecule has 3 aromatic rings. The number of hydrogen-bond acceptors (Lipinski definition) is 7. The fourth-order valence-electron chi connectivity index (χ4n) is 2.46. The zero-order valence-electron chi connectivity index (χ0n) is 11.6. The highest BCUT2D eigenvalue weighted by Crippen LogP contribution is 2.24. The molecule has 1 atom stereocenters. The van der Waals surface area contributed by atoms with Crippen LogP contribution in [0.1, 0.15) is 29.6 Å². The number of amides is 1. The molecule has 8 nitrogen and oxygen atoms in total. The zero-order valence-corrected chi connectivity index (χ0v) is 12.4. The number of aromatic nitrogens is 4. The van der Waals surface area contributed by atoms with Crippen LogP contribution in [0.25, 0.3) is 15.9 Å². The summed E-state index contributed by atoms with van der Waals surface area (Å²) in [6, 6.07) is 3.68. The average molecular weight is 319 g/mol. The largest absolute Gasteiger partial charge is 0.350 e. The fourth-order valence-corrected chi connectivity index (χ4v) is 3.26. The number of nitrogens with zero attached hydrogens (tertiary/aromatic N) is 4. The Bertz CT molecular complexity index is 823. The summed E-state index contributed by atoms with van der Waals surface area (Å²) in [4.78, 5) is 17.7. The summed E-state index contributed by atoms with van der Waals surface area (Å²) in [5, 5.41) is 13.4. The lowest BCUT2D eigenvalue weighted by molar-refractivity contribution is -0.186. The number of carbonyl (C=O) groups excluding carboxylic acids is 1. The number of pyridine rings is 1. The van der Waals surface area contributed by atoms with Crippen molar-refractivity contribution in [2.75, 3.05) is 6.61 Å². The van der Waals surface area contributed by atoms with Gasteiger partial charge in [0.15, 0.2) is 11.9 Å². The maximum atomic E-state index is 12.4. The Kier molecular flexibility index (Phi) is 3.45. The van der Waals surface area contributed by atoms with E-state index < -0.39 is 6.29 Å². The summed E-state index contributed by atoms with van der Waals surface area (Å²) in [5.41, 5.74) is 4.08. The van der Waals surface area contributed by atoms with Crippen LogP contribution < -0.4 is 5.48 Å². The first-order valence-corrected chi connectivity index (χ1v) is 7.87. The number of hydroxylamine groups is 1. The van der Waals surface area contributed by atoms with E-state index in [-0.39, 0.29) is 5.91 Å². The van der Waals surface area contributed by atoms with Gasteiger partial charge >= 0.3 is 0 Å². The van der Waals surface area contributed by atoms with Crippen LogP contribution in [0.5, 0.6) is 0 Å². The standard InChI is InChI=1S/C13H13N5O3S/c19-13(15-21-11-3-1-2-5-20-11)8-7-10-9(4-6-22-10)18-12(8)14-16-17-18/h4,6-7,11H,1-3,5H2,(H,15,19). The SMILES string of the molecule is O=C(NOC1CCCCO1)c1cc2sccc2n2nnnc12. The number of ether oxygens (including phenoxy) is 1. The molecule has 0 saturated carbocycles. The topological polar surface area (TPSA) is 90.6 Å². The zero-order chi connectivity index (χ0) is 14.9. The Morgan fingerprint density at radius 2 is 2.45 bits per heavy atom. The molecule has 1 saturated heterocycles. The smallest absolute Gasteiger partial charge is 0.278 e. The van der Waals surface area contributed by atoms with Crippen molar-refractivity contribution < 1.29 is 14.4 Å². The second kappa shape index (κ2) is 5.59. The van der Waals surface area contributed by atoms with Crippen LogP contribution in [0.2, 0.25) is 0 Å².